The molecule has 20 heavy (non-hydrogen) atoms. The van der Waals surface area contributed by atoms with Gasteiger partial charge in [0.15, 0.2) is 0 Å². The zero-order chi connectivity index (χ0) is 13.9. The number of aliphatic hydroxyl groups is 1. The minimum absolute atomic E-state index is 0.396. The number of benzene rings is 1. The molecule has 1 aliphatic carbocycles. The maximum Gasteiger partial charge on any atom is 0.0980 e. The molecule has 1 heterocycles. The van der Waals surface area contributed by atoms with Crippen molar-refractivity contribution in [1.82, 2.24) is 4.98 Å². The van der Waals surface area contributed by atoms with Crippen molar-refractivity contribution in [3.05, 3.63) is 64.4 Å². The molecule has 0 amide bonds. The van der Waals surface area contributed by atoms with Crippen molar-refractivity contribution in [1.29, 1.82) is 0 Å². The van der Waals surface area contributed by atoms with Gasteiger partial charge in [0.25, 0.3) is 0 Å². The van der Waals surface area contributed by atoms with Gasteiger partial charge in [0.1, 0.15) is 0 Å². The van der Waals surface area contributed by atoms with Crippen molar-refractivity contribution >= 4 is 11.6 Å². The monoisotopic (exact) mass is 287 g/mol. The van der Waals surface area contributed by atoms with E-state index in [1.807, 2.05) is 0 Å². The molecule has 2 aromatic rings. The molecule has 0 fully saturated rings. The molecule has 1 aromatic carbocycles. The number of rotatable bonds is 3. The molecule has 0 saturated heterocycles. The highest BCUT2D eigenvalue weighted by Crippen LogP contribution is 2.38. The Morgan fingerprint density at radius 3 is 2.95 bits per heavy atom. The molecule has 0 radical (unpaired) electrons. The van der Waals surface area contributed by atoms with Gasteiger partial charge < -0.3 is 5.11 Å². The molecule has 2 atom stereocenters. The molecule has 2 nitrogen and oxygen atoms in total. The van der Waals surface area contributed by atoms with Crippen LogP contribution < -0.4 is 0 Å². The lowest BCUT2D eigenvalue weighted by molar-refractivity contribution is 0.149. The number of hydrogen-bond acceptors (Lipinski definition) is 2. The topological polar surface area (TPSA) is 33.1 Å². The van der Waals surface area contributed by atoms with Gasteiger partial charge in [-0.15, -0.1) is 0 Å². The number of aromatic nitrogens is 1. The van der Waals surface area contributed by atoms with Crippen molar-refractivity contribution in [3.63, 3.8) is 0 Å². The Kier molecular flexibility index (Phi) is 4.04. The average molecular weight is 288 g/mol. The van der Waals surface area contributed by atoms with Gasteiger partial charge in [-0.25, -0.2) is 0 Å². The second-order valence-electron chi connectivity index (χ2n) is 5.41. The van der Waals surface area contributed by atoms with E-state index in [9.17, 15) is 5.11 Å². The number of pyridine rings is 1. The fourth-order valence-electron chi connectivity index (χ4n) is 3.12. The van der Waals surface area contributed by atoms with E-state index in [2.05, 4.69) is 29.2 Å². The summed E-state index contributed by atoms with van der Waals surface area (Å²) in [6, 6.07) is 12.1. The van der Waals surface area contributed by atoms with Gasteiger partial charge in [-0.05, 0) is 54.9 Å². The molecular formula is C17H18ClNO. The Balaban J connectivity index is 1.81. The van der Waals surface area contributed by atoms with Crippen LogP contribution in [0.3, 0.4) is 0 Å². The predicted octanol–water partition coefficient (Wildman–Crippen LogP) is 4.28. The highest BCUT2D eigenvalue weighted by molar-refractivity contribution is 6.31. The minimum Gasteiger partial charge on any atom is -0.387 e. The number of hydrogen-bond donors (Lipinski definition) is 1. The summed E-state index contributed by atoms with van der Waals surface area (Å²) >= 11 is 6.11. The van der Waals surface area contributed by atoms with Gasteiger partial charge >= 0.3 is 0 Å². The fourth-order valence-corrected chi connectivity index (χ4v) is 3.37. The van der Waals surface area contributed by atoms with Crippen LogP contribution in [-0.2, 0) is 6.42 Å². The van der Waals surface area contributed by atoms with Crippen LogP contribution in [0.25, 0.3) is 0 Å². The summed E-state index contributed by atoms with van der Waals surface area (Å²) in [5.41, 5.74) is 3.39. The Morgan fingerprint density at radius 2 is 2.10 bits per heavy atom. The van der Waals surface area contributed by atoms with E-state index in [0.717, 1.165) is 12.8 Å². The first kappa shape index (κ1) is 13.6. The summed E-state index contributed by atoms with van der Waals surface area (Å²) in [6.45, 7) is 0. The molecule has 1 aromatic heterocycles. The maximum atomic E-state index is 10.4. The van der Waals surface area contributed by atoms with E-state index < -0.39 is 6.10 Å². The first-order valence-corrected chi connectivity index (χ1v) is 7.50. The molecule has 2 unspecified atom stereocenters. The van der Waals surface area contributed by atoms with Gasteiger partial charge in [0.05, 0.1) is 16.8 Å². The van der Waals surface area contributed by atoms with E-state index in [-0.39, 0.29) is 0 Å². The van der Waals surface area contributed by atoms with Gasteiger partial charge in [-0.2, -0.15) is 0 Å². The fraction of sp³-hybridized carbons (Fsp3) is 0.353. The summed E-state index contributed by atoms with van der Waals surface area (Å²) in [7, 11) is 0. The number of nitrogens with zero attached hydrogens (tertiary/aromatic N) is 1. The lowest BCUT2D eigenvalue weighted by atomic mass is 9.79. The first-order chi connectivity index (χ1) is 9.75. The van der Waals surface area contributed by atoms with Crippen molar-refractivity contribution in [3.8, 4) is 0 Å². The van der Waals surface area contributed by atoms with E-state index >= 15 is 0 Å². The summed E-state index contributed by atoms with van der Waals surface area (Å²) in [4.78, 5) is 4.22. The molecule has 0 spiro atoms. The second-order valence-corrected chi connectivity index (χ2v) is 5.82. The minimum atomic E-state index is -0.597. The van der Waals surface area contributed by atoms with Gasteiger partial charge in [-0.3, -0.25) is 4.98 Å². The molecule has 1 aliphatic rings. The zero-order valence-corrected chi connectivity index (χ0v) is 12.1. The van der Waals surface area contributed by atoms with E-state index in [1.165, 1.54) is 17.5 Å². The summed E-state index contributed by atoms with van der Waals surface area (Å²) in [5.74, 6) is 0.396. The van der Waals surface area contributed by atoms with Gasteiger partial charge in [0, 0.05) is 6.20 Å². The van der Waals surface area contributed by atoms with Crippen molar-refractivity contribution < 1.29 is 5.11 Å². The number of fused-ring (bicyclic) bond motifs is 1. The predicted molar refractivity (Wildman–Crippen MR) is 80.9 cm³/mol. The van der Waals surface area contributed by atoms with Crippen LogP contribution >= 0.6 is 11.6 Å². The highest BCUT2D eigenvalue weighted by atomic mass is 35.5. The molecule has 104 valence electrons. The lowest BCUT2D eigenvalue weighted by Crippen LogP contribution is -2.13. The number of aliphatic hydroxyl groups excluding tert-OH is 1. The summed E-state index contributed by atoms with van der Waals surface area (Å²) in [6.07, 6.45) is 5.23. The van der Waals surface area contributed by atoms with Crippen LogP contribution in [0.5, 0.6) is 0 Å². The zero-order valence-electron chi connectivity index (χ0n) is 11.3. The summed E-state index contributed by atoms with van der Waals surface area (Å²) < 4.78 is 0. The number of aryl methyl sites for hydroxylation is 1. The summed E-state index contributed by atoms with van der Waals surface area (Å²) in [5, 5.41) is 11.0. The maximum absolute atomic E-state index is 10.4. The molecule has 0 saturated carbocycles. The molecule has 0 bridgehead atoms. The van der Waals surface area contributed by atoms with Crippen LogP contribution in [0.1, 0.15) is 48.1 Å². The van der Waals surface area contributed by atoms with E-state index in [4.69, 9.17) is 11.6 Å². The second kappa shape index (κ2) is 5.94. The Bertz CT molecular complexity index is 599. The normalized spacial score (nSPS) is 19.4. The van der Waals surface area contributed by atoms with Gasteiger partial charge in [-0.1, -0.05) is 35.9 Å². The van der Waals surface area contributed by atoms with Crippen LogP contribution in [-0.4, -0.2) is 10.1 Å². The van der Waals surface area contributed by atoms with Crippen LogP contribution in [0.15, 0.2) is 42.6 Å². The van der Waals surface area contributed by atoms with E-state index in [0.29, 0.717) is 23.1 Å². The molecule has 3 heteroatoms. The van der Waals surface area contributed by atoms with Crippen molar-refractivity contribution in [2.45, 2.75) is 37.7 Å². The standard InChI is InChI=1S/C17H18ClNO/c18-15-9-4-10-19-17(15)16(20)11-13-7-3-6-12-5-1-2-8-14(12)13/h1-2,4-5,8-10,13,16,20H,3,6-7,11H2. The lowest BCUT2D eigenvalue weighted by Gasteiger charge is -2.27. The molecule has 0 aliphatic heterocycles. The van der Waals surface area contributed by atoms with Crippen LogP contribution in [0.4, 0.5) is 0 Å². The van der Waals surface area contributed by atoms with Gasteiger partial charge in [0.2, 0.25) is 0 Å². The Labute approximate surface area is 124 Å². The third-order valence-electron chi connectivity index (χ3n) is 4.10. The van der Waals surface area contributed by atoms with Crippen molar-refractivity contribution in [2.75, 3.05) is 0 Å². The van der Waals surface area contributed by atoms with Crippen LogP contribution in [0, 0.1) is 0 Å². The average Bonchev–Trinajstić information content (AvgIpc) is 2.48. The quantitative estimate of drug-likeness (QED) is 0.914. The third kappa shape index (κ3) is 2.72. The third-order valence-corrected chi connectivity index (χ3v) is 4.42. The SMILES string of the molecule is OC(CC1CCCc2ccccc21)c1ncccc1Cl. The molecule has 3 rings (SSSR count). The van der Waals surface area contributed by atoms with E-state index in [1.54, 1.807) is 18.3 Å². The van der Waals surface area contributed by atoms with Crippen molar-refractivity contribution in [2.24, 2.45) is 0 Å². The molecular weight excluding hydrogens is 270 g/mol. The molecule has 1 N–H and O–H groups in total. The Morgan fingerprint density at radius 1 is 1.25 bits per heavy atom. The highest BCUT2D eigenvalue weighted by Gasteiger charge is 2.24. The smallest absolute Gasteiger partial charge is 0.0980 e. The largest absolute Gasteiger partial charge is 0.387 e. The first-order valence-electron chi connectivity index (χ1n) is 7.12. The Hall–Kier alpha value is -1.38. The number of halogens is 1. The van der Waals surface area contributed by atoms with Crippen LogP contribution in [0.2, 0.25) is 5.02 Å².